The number of rotatable bonds is 2. The SMILES string of the molecule is C=C(C(=O)O)[C@H]1C/C=C(\C)CC/C=C(\C)C[C@H]1O. The van der Waals surface area contributed by atoms with E-state index in [-0.39, 0.29) is 5.57 Å². The van der Waals surface area contributed by atoms with Gasteiger partial charge in [-0.1, -0.05) is 29.9 Å². The maximum Gasteiger partial charge on any atom is 0.331 e. The molecule has 0 saturated heterocycles. The highest BCUT2D eigenvalue weighted by atomic mass is 16.4. The van der Waals surface area contributed by atoms with E-state index in [0.29, 0.717) is 12.8 Å². The molecule has 3 nitrogen and oxygen atoms in total. The number of carboxylic acids is 1. The fourth-order valence-electron chi connectivity index (χ4n) is 2.22. The van der Waals surface area contributed by atoms with E-state index < -0.39 is 18.0 Å². The maximum absolute atomic E-state index is 11.0. The molecule has 0 heterocycles. The first kappa shape index (κ1) is 14.7. The lowest BCUT2D eigenvalue weighted by Crippen LogP contribution is -2.25. The Bertz CT molecular complexity index is 391. The number of hydrogen-bond donors (Lipinski definition) is 2. The lowest BCUT2D eigenvalue weighted by molar-refractivity contribution is -0.133. The molecule has 0 fully saturated rings. The summed E-state index contributed by atoms with van der Waals surface area (Å²) in [6, 6.07) is 0. The maximum atomic E-state index is 11.0. The van der Waals surface area contributed by atoms with Gasteiger partial charge in [-0.25, -0.2) is 4.79 Å². The van der Waals surface area contributed by atoms with Crippen LogP contribution >= 0.6 is 0 Å². The molecule has 18 heavy (non-hydrogen) atoms. The van der Waals surface area contributed by atoms with Crippen molar-refractivity contribution in [3.05, 3.63) is 35.5 Å². The van der Waals surface area contributed by atoms with Gasteiger partial charge in [-0.15, -0.1) is 0 Å². The average Bonchev–Trinajstić information content (AvgIpc) is 2.27. The Morgan fingerprint density at radius 1 is 1.33 bits per heavy atom. The Balaban J connectivity index is 2.94. The van der Waals surface area contributed by atoms with Gasteiger partial charge in [0.2, 0.25) is 0 Å². The summed E-state index contributed by atoms with van der Waals surface area (Å²) in [6.45, 7) is 7.61. The van der Waals surface area contributed by atoms with Gasteiger partial charge in [-0.2, -0.15) is 0 Å². The topological polar surface area (TPSA) is 57.5 Å². The van der Waals surface area contributed by atoms with Crippen molar-refractivity contribution >= 4 is 5.97 Å². The number of aliphatic carboxylic acids is 1. The minimum atomic E-state index is -1.02. The minimum absolute atomic E-state index is 0.0972. The second kappa shape index (κ2) is 6.55. The average molecular weight is 250 g/mol. The number of carboxylic acid groups (broad SMARTS) is 1. The van der Waals surface area contributed by atoms with E-state index in [0.717, 1.165) is 18.4 Å². The first-order valence-electron chi connectivity index (χ1n) is 6.33. The normalized spacial score (nSPS) is 31.7. The zero-order valence-corrected chi connectivity index (χ0v) is 11.1. The molecule has 1 aliphatic rings. The Morgan fingerprint density at radius 2 is 2.00 bits per heavy atom. The highest BCUT2D eigenvalue weighted by Gasteiger charge is 2.25. The first-order valence-corrected chi connectivity index (χ1v) is 6.33. The Kier molecular flexibility index (Phi) is 5.35. The van der Waals surface area contributed by atoms with E-state index in [4.69, 9.17) is 5.11 Å². The lowest BCUT2D eigenvalue weighted by atomic mass is 9.86. The van der Waals surface area contributed by atoms with E-state index in [9.17, 15) is 9.90 Å². The smallest absolute Gasteiger partial charge is 0.331 e. The largest absolute Gasteiger partial charge is 0.478 e. The molecule has 1 aliphatic carbocycles. The molecule has 0 saturated carbocycles. The fourth-order valence-corrected chi connectivity index (χ4v) is 2.22. The molecule has 3 heteroatoms. The molecule has 0 aromatic rings. The molecule has 100 valence electrons. The molecule has 2 atom stereocenters. The van der Waals surface area contributed by atoms with Crippen LogP contribution in [0.5, 0.6) is 0 Å². The molecule has 0 aliphatic heterocycles. The van der Waals surface area contributed by atoms with Crippen molar-refractivity contribution in [2.75, 3.05) is 0 Å². The van der Waals surface area contributed by atoms with Gasteiger partial charge >= 0.3 is 5.97 Å². The third-order valence-corrected chi connectivity index (χ3v) is 3.47. The Hall–Kier alpha value is -1.35. The number of aliphatic hydroxyl groups excluding tert-OH is 1. The summed E-state index contributed by atoms with van der Waals surface area (Å²) < 4.78 is 0. The lowest BCUT2D eigenvalue weighted by Gasteiger charge is -2.23. The fraction of sp³-hybridized carbons (Fsp3) is 0.533. The summed E-state index contributed by atoms with van der Waals surface area (Å²) in [6.07, 6.45) is 6.50. The van der Waals surface area contributed by atoms with Crippen molar-refractivity contribution in [3.8, 4) is 0 Å². The molecule has 0 aromatic carbocycles. The van der Waals surface area contributed by atoms with Crippen molar-refractivity contribution in [1.29, 1.82) is 0 Å². The summed E-state index contributed by atoms with van der Waals surface area (Å²) in [5.74, 6) is -1.43. The van der Waals surface area contributed by atoms with E-state index >= 15 is 0 Å². The third kappa shape index (κ3) is 4.15. The molecule has 0 unspecified atom stereocenters. The molecule has 0 bridgehead atoms. The third-order valence-electron chi connectivity index (χ3n) is 3.47. The number of carbonyl (C=O) groups is 1. The zero-order valence-electron chi connectivity index (χ0n) is 11.1. The van der Waals surface area contributed by atoms with Crippen molar-refractivity contribution in [3.63, 3.8) is 0 Å². The Labute approximate surface area is 109 Å². The number of aliphatic hydroxyl groups is 1. The molecule has 0 amide bonds. The van der Waals surface area contributed by atoms with Crippen LogP contribution in [-0.2, 0) is 4.79 Å². The van der Waals surface area contributed by atoms with Gasteiger partial charge in [0.15, 0.2) is 0 Å². The summed E-state index contributed by atoms with van der Waals surface area (Å²) >= 11 is 0. The predicted octanol–water partition coefficient (Wildman–Crippen LogP) is 3.07. The summed E-state index contributed by atoms with van der Waals surface area (Å²) in [4.78, 5) is 11.0. The van der Waals surface area contributed by atoms with Crippen LogP contribution in [0.4, 0.5) is 0 Å². The standard InChI is InChI=1S/C15H22O3/c1-10-5-4-6-11(2)9-14(16)13(8-7-10)12(3)15(17)18/h6-7,13-14,16H,3-5,8-9H2,1-2H3,(H,17,18)/b10-7+,11-6+/t13-,14-/m1/s1. The van der Waals surface area contributed by atoms with Gasteiger partial charge in [0.05, 0.1) is 6.10 Å². The molecule has 2 N–H and O–H groups in total. The van der Waals surface area contributed by atoms with E-state index in [1.54, 1.807) is 0 Å². The Morgan fingerprint density at radius 3 is 2.61 bits per heavy atom. The number of allylic oxidation sites excluding steroid dienone is 3. The van der Waals surface area contributed by atoms with Crippen LogP contribution in [0.15, 0.2) is 35.5 Å². The van der Waals surface area contributed by atoms with Crippen molar-refractivity contribution < 1.29 is 15.0 Å². The zero-order chi connectivity index (χ0) is 13.7. The summed E-state index contributed by atoms with van der Waals surface area (Å²) in [5, 5.41) is 19.2. The van der Waals surface area contributed by atoms with Gasteiger partial charge in [0.1, 0.15) is 0 Å². The highest BCUT2D eigenvalue weighted by Crippen LogP contribution is 2.26. The van der Waals surface area contributed by atoms with Crippen molar-refractivity contribution in [2.24, 2.45) is 5.92 Å². The van der Waals surface area contributed by atoms with Crippen molar-refractivity contribution in [1.82, 2.24) is 0 Å². The van der Waals surface area contributed by atoms with Gasteiger partial charge in [0, 0.05) is 11.5 Å². The molecule has 0 aromatic heterocycles. The van der Waals surface area contributed by atoms with Gasteiger partial charge in [-0.05, 0) is 39.5 Å². The second-order valence-corrected chi connectivity index (χ2v) is 5.08. The van der Waals surface area contributed by atoms with Crippen LogP contribution in [0.25, 0.3) is 0 Å². The molecule has 0 spiro atoms. The van der Waals surface area contributed by atoms with Crippen LogP contribution in [0.3, 0.4) is 0 Å². The molecular weight excluding hydrogens is 228 g/mol. The van der Waals surface area contributed by atoms with E-state index in [1.165, 1.54) is 5.57 Å². The van der Waals surface area contributed by atoms with Gasteiger partial charge in [0.25, 0.3) is 0 Å². The van der Waals surface area contributed by atoms with E-state index in [1.807, 2.05) is 19.9 Å². The first-order chi connectivity index (χ1) is 8.41. The minimum Gasteiger partial charge on any atom is -0.478 e. The second-order valence-electron chi connectivity index (χ2n) is 5.08. The molecular formula is C15H22O3. The predicted molar refractivity (Wildman–Crippen MR) is 72.3 cm³/mol. The molecule has 0 radical (unpaired) electrons. The summed E-state index contributed by atoms with van der Waals surface area (Å²) in [7, 11) is 0. The van der Waals surface area contributed by atoms with Crippen LogP contribution in [0.1, 0.15) is 39.5 Å². The molecule has 1 rings (SSSR count). The van der Waals surface area contributed by atoms with Gasteiger partial charge in [-0.3, -0.25) is 0 Å². The van der Waals surface area contributed by atoms with E-state index in [2.05, 4.69) is 12.7 Å². The monoisotopic (exact) mass is 250 g/mol. The van der Waals surface area contributed by atoms with Crippen molar-refractivity contribution in [2.45, 2.75) is 45.6 Å². The van der Waals surface area contributed by atoms with Gasteiger partial charge < -0.3 is 10.2 Å². The van der Waals surface area contributed by atoms with Crippen LogP contribution in [-0.4, -0.2) is 22.3 Å². The van der Waals surface area contributed by atoms with Crippen LogP contribution in [0, 0.1) is 5.92 Å². The quantitative estimate of drug-likeness (QED) is 0.585. The van der Waals surface area contributed by atoms with Crippen LogP contribution in [0.2, 0.25) is 0 Å². The van der Waals surface area contributed by atoms with Crippen LogP contribution < -0.4 is 0 Å². The highest BCUT2D eigenvalue weighted by molar-refractivity contribution is 5.86. The number of hydrogen-bond acceptors (Lipinski definition) is 2. The summed E-state index contributed by atoms with van der Waals surface area (Å²) in [5.41, 5.74) is 2.44.